The first-order chi connectivity index (χ1) is 15.1. The van der Waals surface area contributed by atoms with Crippen LogP contribution in [0.5, 0.6) is 0 Å². The fourth-order valence-corrected chi connectivity index (χ4v) is 4.66. The average molecular weight is 443 g/mol. The lowest BCUT2D eigenvalue weighted by Crippen LogP contribution is -2.51. The minimum atomic E-state index is -4.68. The number of hydrogen-bond donors (Lipinski definition) is 0. The summed E-state index contributed by atoms with van der Waals surface area (Å²) in [6.07, 6.45) is -3.55. The first-order valence-electron chi connectivity index (χ1n) is 10.5. The number of para-hydroxylation sites is 1. The van der Waals surface area contributed by atoms with Crippen LogP contribution in [0.2, 0.25) is 0 Å². The standard InChI is InChI=1S/C23H24F3N5O/c1-14-6-4-7-18-20(14)31(11-10-29(18)3)22(32)19-8-5-9-30(19)21-16(13-27)17(23(24,25)26)12-15(2)28-21/h4,6-7,12,19H,5,8-11H2,1-3H3/t19-/m0/s1. The van der Waals surface area contributed by atoms with Crippen molar-refractivity contribution in [3.8, 4) is 6.07 Å². The van der Waals surface area contributed by atoms with Crippen molar-refractivity contribution in [1.82, 2.24) is 4.98 Å². The summed E-state index contributed by atoms with van der Waals surface area (Å²) in [5.41, 5.74) is 1.34. The van der Waals surface area contributed by atoms with Gasteiger partial charge in [-0.1, -0.05) is 12.1 Å². The Kier molecular flexibility index (Phi) is 5.49. The van der Waals surface area contributed by atoms with E-state index in [0.717, 1.165) is 23.0 Å². The first-order valence-corrected chi connectivity index (χ1v) is 10.5. The molecule has 0 aliphatic carbocycles. The minimum absolute atomic E-state index is 0.0604. The molecule has 1 amide bonds. The number of halogens is 3. The van der Waals surface area contributed by atoms with E-state index in [1.165, 1.54) is 6.92 Å². The number of rotatable bonds is 2. The van der Waals surface area contributed by atoms with E-state index in [0.29, 0.717) is 32.5 Å². The summed E-state index contributed by atoms with van der Waals surface area (Å²) in [5, 5.41) is 9.57. The van der Waals surface area contributed by atoms with Gasteiger partial charge in [0.05, 0.1) is 16.9 Å². The predicted molar refractivity (Wildman–Crippen MR) is 116 cm³/mol. The number of hydrogen-bond acceptors (Lipinski definition) is 5. The zero-order valence-corrected chi connectivity index (χ0v) is 18.2. The van der Waals surface area contributed by atoms with Crippen molar-refractivity contribution in [2.24, 2.45) is 0 Å². The molecule has 1 aromatic heterocycles. The fourth-order valence-electron chi connectivity index (χ4n) is 4.66. The van der Waals surface area contributed by atoms with Crippen LogP contribution in [0.4, 0.5) is 30.4 Å². The molecule has 168 valence electrons. The molecule has 1 fully saturated rings. The molecule has 0 saturated carbocycles. The maximum absolute atomic E-state index is 13.7. The summed E-state index contributed by atoms with van der Waals surface area (Å²) in [4.78, 5) is 23.4. The minimum Gasteiger partial charge on any atom is -0.371 e. The molecule has 0 spiro atoms. The third-order valence-corrected chi connectivity index (χ3v) is 6.18. The van der Waals surface area contributed by atoms with E-state index in [1.54, 1.807) is 15.9 Å². The Bertz CT molecular complexity index is 1110. The van der Waals surface area contributed by atoms with Gasteiger partial charge in [0, 0.05) is 32.4 Å². The van der Waals surface area contributed by atoms with E-state index in [9.17, 15) is 23.2 Å². The molecule has 6 nitrogen and oxygen atoms in total. The van der Waals surface area contributed by atoms with Crippen molar-refractivity contribution >= 4 is 23.1 Å². The Morgan fingerprint density at radius 1 is 1.22 bits per heavy atom. The largest absolute Gasteiger partial charge is 0.417 e. The Morgan fingerprint density at radius 2 is 1.97 bits per heavy atom. The summed E-state index contributed by atoms with van der Waals surface area (Å²) in [6.45, 7) is 4.91. The molecular weight excluding hydrogens is 419 g/mol. The van der Waals surface area contributed by atoms with Crippen molar-refractivity contribution in [3.63, 3.8) is 0 Å². The number of amides is 1. The van der Waals surface area contributed by atoms with Gasteiger partial charge >= 0.3 is 6.18 Å². The summed E-state index contributed by atoms with van der Waals surface area (Å²) >= 11 is 0. The lowest BCUT2D eigenvalue weighted by Gasteiger charge is -2.39. The number of benzene rings is 1. The number of nitriles is 1. The number of nitrogens with zero attached hydrogens (tertiary/aromatic N) is 5. The van der Waals surface area contributed by atoms with Crippen LogP contribution in [-0.2, 0) is 11.0 Å². The van der Waals surface area contributed by atoms with Gasteiger partial charge in [0.2, 0.25) is 5.91 Å². The normalized spacial score (nSPS) is 18.5. The van der Waals surface area contributed by atoms with E-state index in [-0.39, 0.29) is 17.4 Å². The van der Waals surface area contributed by atoms with E-state index >= 15 is 0 Å². The van der Waals surface area contributed by atoms with Crippen LogP contribution in [0.3, 0.4) is 0 Å². The second-order valence-corrected chi connectivity index (χ2v) is 8.32. The highest BCUT2D eigenvalue weighted by Gasteiger charge is 2.41. The number of carbonyl (C=O) groups excluding carboxylic acids is 1. The van der Waals surface area contributed by atoms with Crippen LogP contribution < -0.4 is 14.7 Å². The van der Waals surface area contributed by atoms with Gasteiger partial charge in [0.25, 0.3) is 0 Å². The van der Waals surface area contributed by atoms with Crippen LogP contribution in [0.15, 0.2) is 24.3 Å². The second kappa shape index (κ2) is 8.01. The van der Waals surface area contributed by atoms with Gasteiger partial charge in [0.1, 0.15) is 23.5 Å². The Hall–Kier alpha value is -3.28. The van der Waals surface area contributed by atoms with Crippen LogP contribution in [0.25, 0.3) is 0 Å². The van der Waals surface area contributed by atoms with Gasteiger partial charge in [-0.3, -0.25) is 4.79 Å². The third-order valence-electron chi connectivity index (χ3n) is 6.18. The second-order valence-electron chi connectivity index (χ2n) is 8.32. The van der Waals surface area contributed by atoms with Gasteiger partial charge in [-0.15, -0.1) is 0 Å². The Labute approximate surface area is 184 Å². The highest BCUT2D eigenvalue weighted by atomic mass is 19.4. The number of alkyl halides is 3. The van der Waals surface area contributed by atoms with Gasteiger partial charge < -0.3 is 14.7 Å². The summed E-state index contributed by atoms with van der Waals surface area (Å²) in [5.74, 6) is -0.235. The zero-order chi connectivity index (χ0) is 23.2. The summed E-state index contributed by atoms with van der Waals surface area (Å²) < 4.78 is 40.8. The van der Waals surface area contributed by atoms with Gasteiger partial charge in [-0.25, -0.2) is 4.98 Å². The predicted octanol–water partition coefficient (Wildman–Crippen LogP) is 4.04. The Balaban J connectivity index is 1.76. The quantitative estimate of drug-likeness (QED) is 0.701. The smallest absolute Gasteiger partial charge is 0.371 e. The number of pyridine rings is 1. The van der Waals surface area contributed by atoms with Gasteiger partial charge in [0.15, 0.2) is 0 Å². The van der Waals surface area contributed by atoms with Crippen molar-refractivity contribution in [1.29, 1.82) is 5.26 Å². The molecule has 32 heavy (non-hydrogen) atoms. The first kappa shape index (κ1) is 21.9. The molecule has 1 saturated heterocycles. The molecular formula is C23H24F3N5O. The van der Waals surface area contributed by atoms with Gasteiger partial charge in [-0.05, 0) is 44.4 Å². The monoisotopic (exact) mass is 443 g/mol. The number of fused-ring (bicyclic) bond motifs is 1. The van der Waals surface area contributed by atoms with Crippen LogP contribution in [-0.4, -0.2) is 43.6 Å². The fraction of sp³-hybridized carbons (Fsp3) is 0.435. The molecule has 0 unspecified atom stereocenters. The summed E-state index contributed by atoms with van der Waals surface area (Å²) in [6, 6.07) is 7.74. The molecule has 4 rings (SSSR count). The highest BCUT2D eigenvalue weighted by Crippen LogP contribution is 2.40. The van der Waals surface area contributed by atoms with Crippen molar-refractivity contribution in [2.45, 2.75) is 38.9 Å². The molecule has 9 heteroatoms. The third kappa shape index (κ3) is 3.64. The molecule has 0 radical (unpaired) electrons. The molecule has 2 aromatic rings. The van der Waals surface area contributed by atoms with Crippen LogP contribution >= 0.6 is 0 Å². The van der Waals surface area contributed by atoms with Crippen molar-refractivity contribution < 1.29 is 18.0 Å². The molecule has 0 bridgehead atoms. The number of aryl methyl sites for hydroxylation is 2. The van der Waals surface area contributed by atoms with E-state index in [2.05, 4.69) is 9.88 Å². The highest BCUT2D eigenvalue weighted by molar-refractivity contribution is 6.03. The summed E-state index contributed by atoms with van der Waals surface area (Å²) in [7, 11) is 1.97. The maximum Gasteiger partial charge on any atom is 0.417 e. The number of likely N-dealkylation sites (N-methyl/N-ethyl adjacent to an activating group) is 1. The van der Waals surface area contributed by atoms with Crippen molar-refractivity contribution in [3.05, 3.63) is 46.6 Å². The van der Waals surface area contributed by atoms with E-state index in [1.807, 2.05) is 32.2 Å². The lowest BCUT2D eigenvalue weighted by atomic mass is 10.0. The SMILES string of the molecule is Cc1cc(C(F)(F)F)c(C#N)c(N2CCC[C@H]2C(=O)N2CCN(C)c3cccc(C)c32)n1. The van der Waals surface area contributed by atoms with Crippen LogP contribution in [0, 0.1) is 25.2 Å². The molecule has 0 N–H and O–H groups in total. The molecule has 3 heterocycles. The van der Waals surface area contributed by atoms with Crippen molar-refractivity contribution in [2.75, 3.05) is 41.4 Å². The van der Waals surface area contributed by atoms with Gasteiger partial charge in [-0.2, -0.15) is 18.4 Å². The molecule has 1 atom stereocenters. The zero-order valence-electron chi connectivity index (χ0n) is 18.2. The maximum atomic E-state index is 13.7. The molecule has 2 aliphatic rings. The number of aromatic nitrogens is 1. The molecule has 1 aromatic carbocycles. The lowest BCUT2D eigenvalue weighted by molar-refractivity contribution is -0.137. The van der Waals surface area contributed by atoms with E-state index in [4.69, 9.17) is 0 Å². The topological polar surface area (TPSA) is 63.5 Å². The van der Waals surface area contributed by atoms with Crippen LogP contribution in [0.1, 0.15) is 35.2 Å². The average Bonchev–Trinajstić information content (AvgIpc) is 3.22. The van der Waals surface area contributed by atoms with E-state index < -0.39 is 23.3 Å². The number of carbonyl (C=O) groups is 1. The molecule has 2 aliphatic heterocycles. The number of anilines is 3. The Morgan fingerprint density at radius 3 is 2.66 bits per heavy atom.